The number of nitrogens with one attached hydrogen (secondary N) is 2. The molecular formula is C13H13ClN2O7S2. The number of aldehydes is 1. The van der Waals surface area contributed by atoms with Gasteiger partial charge in [-0.25, -0.2) is 0 Å². The van der Waals surface area contributed by atoms with Gasteiger partial charge in [0, 0.05) is 10.6 Å². The van der Waals surface area contributed by atoms with Crippen LogP contribution in [0.3, 0.4) is 0 Å². The lowest BCUT2D eigenvalue weighted by Crippen LogP contribution is -2.28. The van der Waals surface area contributed by atoms with Crippen molar-refractivity contribution >= 4 is 44.0 Å². The van der Waals surface area contributed by atoms with Crippen molar-refractivity contribution in [1.29, 1.82) is 0 Å². The predicted molar refractivity (Wildman–Crippen MR) is 91.4 cm³/mol. The van der Waals surface area contributed by atoms with Gasteiger partial charge in [0.1, 0.15) is 6.29 Å². The molecule has 0 aliphatic rings. The molecule has 0 aromatic heterocycles. The number of carbonyl (C=O) groups is 1. The lowest BCUT2D eigenvalue weighted by Gasteiger charge is -2.06. The van der Waals surface area contributed by atoms with E-state index in [1.807, 2.05) is 5.43 Å². The summed E-state index contributed by atoms with van der Waals surface area (Å²) in [5.74, 6) is 0. The topological polar surface area (TPSA) is 150 Å². The Bertz CT molecular complexity index is 929. The summed E-state index contributed by atoms with van der Waals surface area (Å²) in [4.78, 5) is 11.2. The molecule has 0 aliphatic heterocycles. The van der Waals surface area contributed by atoms with Crippen LogP contribution in [0.25, 0.3) is 0 Å². The van der Waals surface area contributed by atoms with Crippen LogP contribution in [0.15, 0.2) is 53.4 Å². The first-order chi connectivity index (χ1) is 11.5. The molecule has 2 aromatic carbocycles. The van der Waals surface area contributed by atoms with Gasteiger partial charge >= 0.3 is 10.3 Å². The quantitative estimate of drug-likeness (QED) is 0.332. The number of halogens is 1. The first kappa shape index (κ1) is 21.0. The van der Waals surface area contributed by atoms with Crippen LogP contribution >= 0.6 is 11.6 Å². The molecule has 0 fully saturated rings. The molecule has 0 saturated carbocycles. The molecule has 136 valence electrons. The van der Waals surface area contributed by atoms with E-state index in [1.54, 1.807) is 24.3 Å². The summed E-state index contributed by atoms with van der Waals surface area (Å²) < 4.78 is 59.1. The van der Waals surface area contributed by atoms with Gasteiger partial charge in [0.05, 0.1) is 10.6 Å². The van der Waals surface area contributed by atoms with Crippen molar-refractivity contribution in [1.82, 2.24) is 4.83 Å². The van der Waals surface area contributed by atoms with Crippen molar-refractivity contribution in [3.63, 3.8) is 0 Å². The minimum Gasteiger partial charge on any atom is -0.306 e. The highest BCUT2D eigenvalue weighted by molar-refractivity contribution is 7.85. The third-order valence-corrected chi connectivity index (χ3v) is 3.92. The average molecular weight is 409 g/mol. The van der Waals surface area contributed by atoms with E-state index >= 15 is 0 Å². The van der Waals surface area contributed by atoms with Crippen molar-refractivity contribution < 1.29 is 30.7 Å². The Balaban J connectivity index is 0.000000293. The van der Waals surface area contributed by atoms with E-state index in [0.717, 1.165) is 18.4 Å². The van der Waals surface area contributed by atoms with E-state index in [9.17, 15) is 21.6 Å². The van der Waals surface area contributed by atoms with Crippen LogP contribution < -0.4 is 10.3 Å². The Labute approximate surface area is 149 Å². The maximum absolute atomic E-state index is 10.7. The Morgan fingerprint density at radius 2 is 1.56 bits per heavy atom. The summed E-state index contributed by atoms with van der Waals surface area (Å²) in [7, 11) is -8.80. The van der Waals surface area contributed by atoms with E-state index in [4.69, 9.17) is 20.7 Å². The Morgan fingerprint density at radius 3 is 2.04 bits per heavy atom. The molecule has 12 heteroatoms. The maximum atomic E-state index is 10.7. The van der Waals surface area contributed by atoms with Gasteiger partial charge in [0.2, 0.25) is 0 Å². The lowest BCUT2D eigenvalue weighted by molar-refractivity contribution is 0.112. The smallest absolute Gasteiger partial charge is 0.306 e. The minimum atomic E-state index is -4.44. The van der Waals surface area contributed by atoms with E-state index in [-0.39, 0.29) is 5.69 Å². The first-order valence-corrected chi connectivity index (χ1v) is 9.55. The zero-order valence-electron chi connectivity index (χ0n) is 12.3. The third kappa shape index (κ3) is 8.58. The second kappa shape index (κ2) is 8.89. The molecule has 25 heavy (non-hydrogen) atoms. The molecule has 0 bridgehead atoms. The largest absolute Gasteiger partial charge is 0.350 e. The monoisotopic (exact) mass is 408 g/mol. The Morgan fingerprint density at radius 1 is 0.960 bits per heavy atom. The first-order valence-electron chi connectivity index (χ1n) is 6.30. The fourth-order valence-electron chi connectivity index (χ4n) is 1.40. The molecule has 0 atom stereocenters. The van der Waals surface area contributed by atoms with Gasteiger partial charge in [-0.15, -0.1) is 4.83 Å². The number of hydrogen-bond acceptors (Lipinski definition) is 6. The second-order valence-electron chi connectivity index (χ2n) is 4.37. The standard InChI is InChI=1S/C7H5ClO.C6H8N2O6S2/c8-7-3-1-6(5-9)2-4-7;9-15(10,11)6-3-1-2-5(4-6)7-8-16(12,13)14/h1-5H;1-4,7-8H,(H,9,10,11)(H,12,13,14). The second-order valence-corrected chi connectivity index (χ2v) is 7.39. The number of benzene rings is 2. The zero-order valence-corrected chi connectivity index (χ0v) is 14.7. The van der Waals surface area contributed by atoms with Gasteiger partial charge in [0.15, 0.2) is 0 Å². The van der Waals surface area contributed by atoms with Crippen LogP contribution in [0.2, 0.25) is 5.02 Å². The summed E-state index contributed by atoms with van der Waals surface area (Å²) in [6.45, 7) is 0. The highest BCUT2D eigenvalue weighted by Gasteiger charge is 2.10. The van der Waals surface area contributed by atoms with Crippen molar-refractivity contribution in [2.45, 2.75) is 4.90 Å². The van der Waals surface area contributed by atoms with Crippen LogP contribution in [0.5, 0.6) is 0 Å². The normalized spacial score (nSPS) is 11.2. The molecule has 0 amide bonds. The molecule has 0 aliphatic carbocycles. The minimum absolute atomic E-state index is 0.0350. The fourth-order valence-corrected chi connectivity index (χ4v) is 2.30. The number of hydrogen-bond donors (Lipinski definition) is 4. The average Bonchev–Trinajstić information content (AvgIpc) is 2.53. The third-order valence-electron chi connectivity index (χ3n) is 2.46. The maximum Gasteiger partial charge on any atom is 0.350 e. The van der Waals surface area contributed by atoms with Crippen LogP contribution in [0, 0.1) is 0 Å². The molecule has 4 N–H and O–H groups in total. The number of rotatable bonds is 5. The summed E-state index contributed by atoms with van der Waals surface area (Å²) in [6.07, 6.45) is 0.788. The van der Waals surface area contributed by atoms with Crippen molar-refractivity contribution in [2.24, 2.45) is 0 Å². The summed E-state index contributed by atoms with van der Waals surface area (Å²) in [6, 6.07) is 11.4. The number of anilines is 1. The number of carbonyl (C=O) groups excluding carboxylic acids is 1. The van der Waals surface area contributed by atoms with Gasteiger partial charge in [-0.2, -0.15) is 16.8 Å². The van der Waals surface area contributed by atoms with E-state index in [0.29, 0.717) is 10.6 Å². The summed E-state index contributed by atoms with van der Waals surface area (Å²) >= 11 is 5.55. The highest BCUT2D eigenvalue weighted by atomic mass is 35.5. The van der Waals surface area contributed by atoms with Crippen molar-refractivity contribution in [3.05, 3.63) is 59.1 Å². The van der Waals surface area contributed by atoms with Gasteiger partial charge < -0.3 is 5.43 Å². The molecular weight excluding hydrogens is 396 g/mol. The highest BCUT2D eigenvalue weighted by Crippen LogP contribution is 2.14. The van der Waals surface area contributed by atoms with Gasteiger partial charge in [0.25, 0.3) is 10.1 Å². The SMILES string of the molecule is O=Cc1ccc(Cl)cc1.O=S(=O)(O)NNc1cccc(S(=O)(=O)O)c1. The van der Waals surface area contributed by atoms with Gasteiger partial charge in [-0.05, 0) is 30.3 Å². The van der Waals surface area contributed by atoms with Crippen LogP contribution in [-0.2, 0) is 20.4 Å². The van der Waals surface area contributed by atoms with E-state index in [1.165, 1.54) is 17.0 Å². The van der Waals surface area contributed by atoms with Gasteiger partial charge in [-0.1, -0.05) is 29.8 Å². The molecule has 0 unspecified atom stereocenters. The molecule has 0 saturated heterocycles. The van der Waals surface area contributed by atoms with Crippen LogP contribution in [-0.4, -0.2) is 32.2 Å². The van der Waals surface area contributed by atoms with Crippen molar-refractivity contribution in [2.75, 3.05) is 5.43 Å². The molecule has 9 nitrogen and oxygen atoms in total. The Hall–Kier alpha value is -2.02. The summed E-state index contributed by atoms with van der Waals surface area (Å²) in [5, 5.41) is 0.653. The fraction of sp³-hybridized carbons (Fsp3) is 0. The van der Waals surface area contributed by atoms with Crippen LogP contribution in [0.4, 0.5) is 5.69 Å². The van der Waals surface area contributed by atoms with E-state index in [2.05, 4.69) is 0 Å². The molecule has 0 heterocycles. The predicted octanol–water partition coefficient (Wildman–Crippen LogP) is 1.81. The lowest BCUT2D eigenvalue weighted by atomic mass is 10.2. The van der Waals surface area contributed by atoms with Gasteiger partial charge in [-0.3, -0.25) is 13.9 Å². The zero-order chi connectivity index (χ0) is 19.1. The molecule has 2 aromatic rings. The molecule has 0 radical (unpaired) electrons. The molecule has 0 spiro atoms. The van der Waals surface area contributed by atoms with Crippen LogP contribution in [0.1, 0.15) is 10.4 Å². The summed E-state index contributed by atoms with van der Waals surface area (Å²) in [5.41, 5.74) is 2.72. The molecule has 2 rings (SSSR count). The number of hydrazine groups is 1. The van der Waals surface area contributed by atoms with Crippen molar-refractivity contribution in [3.8, 4) is 0 Å². The van der Waals surface area contributed by atoms with E-state index < -0.39 is 25.3 Å². The Kier molecular flexibility index (Phi) is 7.48.